The molecule has 0 aromatic heterocycles. The summed E-state index contributed by atoms with van der Waals surface area (Å²) in [6, 6.07) is -7.82. The first kappa shape index (κ1) is 42.5. The molecule has 13 N–H and O–H groups in total. The van der Waals surface area contributed by atoms with E-state index in [0.717, 1.165) is 5.01 Å². The molecule has 0 radical (unpaired) electrons. The number of rotatable bonds is 18. The number of allylic oxidation sites excluding steroid dienone is 1. The molecule has 0 aromatic carbocycles. The van der Waals surface area contributed by atoms with Gasteiger partial charge in [0, 0.05) is 25.5 Å². The third-order valence-electron chi connectivity index (χ3n) is 7.51. The normalized spacial score (nSPS) is 17.3. The number of hydrazone groups is 1. The number of hydrogen-bond acceptors (Lipinski definition) is 13. The van der Waals surface area contributed by atoms with Crippen molar-refractivity contribution in [3.63, 3.8) is 0 Å². The molecule has 0 aliphatic carbocycles. The molecule has 0 spiro atoms. The predicted octanol–water partition coefficient (Wildman–Crippen LogP) is -4.76. The van der Waals surface area contributed by atoms with Gasteiger partial charge < -0.3 is 58.5 Å². The van der Waals surface area contributed by atoms with Crippen LogP contribution in [-0.4, -0.2) is 135 Å². The average molecular weight is 700 g/mol. The number of aliphatic carboxylic acids is 1. The van der Waals surface area contributed by atoms with E-state index in [1.165, 1.54) is 40.8 Å². The molecule has 1 rings (SSSR count). The van der Waals surface area contributed by atoms with Gasteiger partial charge in [-0.3, -0.25) is 28.8 Å². The lowest BCUT2D eigenvalue weighted by atomic mass is 9.91. The van der Waals surface area contributed by atoms with Gasteiger partial charge in [0.25, 0.3) is 11.8 Å². The zero-order chi connectivity index (χ0) is 37.6. The Bertz CT molecular complexity index is 1290. The SMILES string of the molecule is CC(C)=C(NC(=O)C(C)NC(=O)C1CCC=NN1C(=O)C(NC(=O)C(C)NC(=O)C(N)(CCO)CCO)C(C)N)C(=O)NC(CO)C(=O)O. The number of carbonyl (C=O) groups is 7. The molecule has 1 aliphatic heterocycles. The minimum Gasteiger partial charge on any atom is -0.480 e. The van der Waals surface area contributed by atoms with Gasteiger partial charge in [0.2, 0.25) is 23.6 Å². The summed E-state index contributed by atoms with van der Waals surface area (Å²) < 4.78 is 0. The third kappa shape index (κ3) is 12.2. The highest BCUT2D eigenvalue weighted by atomic mass is 16.4. The zero-order valence-corrected chi connectivity index (χ0v) is 28.2. The number of nitrogens with one attached hydrogen (secondary N) is 5. The molecule has 0 aromatic rings. The highest BCUT2D eigenvalue weighted by molar-refractivity contribution is 6.01. The van der Waals surface area contributed by atoms with Crippen LogP contribution in [0.4, 0.5) is 0 Å². The standard InChI is InChI=1S/C29H49N9O11/c1-14(2)20(25(45)35-18(13-41)27(47)48)36-22(42)16(4)33-24(44)19-7-6-10-32-38(19)26(46)21(15(3)30)37-23(43)17(5)34-28(49)29(31,8-11-39)9-12-40/h10,15-19,21,39-41H,6-9,11-13,30-31H2,1-5H3,(H,33,44)(H,34,49)(H,35,45)(H,36,42)(H,37,43)(H,47,48). The molecular weight excluding hydrogens is 650 g/mol. The van der Waals surface area contributed by atoms with Crippen molar-refractivity contribution in [2.45, 2.75) is 102 Å². The first-order valence-corrected chi connectivity index (χ1v) is 15.5. The number of carboxylic acids is 1. The summed E-state index contributed by atoms with van der Waals surface area (Å²) in [6.45, 7) is 5.19. The van der Waals surface area contributed by atoms with E-state index in [1.54, 1.807) is 0 Å². The number of nitrogens with two attached hydrogens (primary N) is 2. The number of carboxylic acid groups (broad SMARTS) is 1. The van der Waals surface area contributed by atoms with Crippen molar-refractivity contribution in [2.75, 3.05) is 19.8 Å². The summed E-state index contributed by atoms with van der Waals surface area (Å²) in [5, 5.41) is 53.4. The van der Waals surface area contributed by atoms with Crippen LogP contribution in [0.2, 0.25) is 0 Å². The molecule has 6 atom stereocenters. The number of aliphatic hydroxyl groups excluding tert-OH is 3. The maximum Gasteiger partial charge on any atom is 0.328 e. The molecule has 20 nitrogen and oxygen atoms in total. The van der Waals surface area contributed by atoms with Crippen molar-refractivity contribution < 1.29 is 54.0 Å². The van der Waals surface area contributed by atoms with Crippen LogP contribution < -0.4 is 38.1 Å². The monoisotopic (exact) mass is 699 g/mol. The van der Waals surface area contributed by atoms with E-state index in [4.69, 9.17) is 16.6 Å². The van der Waals surface area contributed by atoms with Crippen molar-refractivity contribution >= 4 is 47.6 Å². The summed E-state index contributed by atoms with van der Waals surface area (Å²) in [6.07, 6.45) is 1.36. The fraction of sp³-hybridized carbons (Fsp3) is 0.655. The van der Waals surface area contributed by atoms with E-state index in [2.05, 4.69) is 31.7 Å². The average Bonchev–Trinajstić information content (AvgIpc) is 3.03. The molecule has 6 unspecified atom stereocenters. The lowest BCUT2D eigenvalue weighted by Crippen LogP contribution is -2.63. The van der Waals surface area contributed by atoms with E-state index in [0.29, 0.717) is 5.57 Å². The molecule has 0 fully saturated rings. The number of amides is 6. The van der Waals surface area contributed by atoms with Gasteiger partial charge in [-0.2, -0.15) is 5.10 Å². The van der Waals surface area contributed by atoms with Crippen LogP contribution in [0.5, 0.6) is 0 Å². The first-order valence-electron chi connectivity index (χ1n) is 15.5. The Hall–Kier alpha value is -4.50. The maximum atomic E-state index is 13.6. The van der Waals surface area contributed by atoms with E-state index in [1.807, 2.05) is 0 Å². The Labute approximate surface area is 283 Å². The third-order valence-corrected chi connectivity index (χ3v) is 7.51. The Balaban J connectivity index is 3.05. The summed E-state index contributed by atoms with van der Waals surface area (Å²) in [5.41, 5.74) is 10.4. The Morgan fingerprint density at radius 2 is 1.49 bits per heavy atom. The van der Waals surface area contributed by atoms with Gasteiger partial charge in [-0.05, 0) is 65.9 Å². The van der Waals surface area contributed by atoms with Crippen molar-refractivity contribution in [2.24, 2.45) is 16.6 Å². The molecule has 0 saturated heterocycles. The lowest BCUT2D eigenvalue weighted by molar-refractivity contribution is -0.145. The van der Waals surface area contributed by atoms with Crippen molar-refractivity contribution in [3.05, 3.63) is 11.3 Å². The van der Waals surface area contributed by atoms with E-state index in [9.17, 15) is 48.9 Å². The zero-order valence-electron chi connectivity index (χ0n) is 28.2. The van der Waals surface area contributed by atoms with Crippen molar-refractivity contribution in [3.8, 4) is 0 Å². The van der Waals surface area contributed by atoms with Crippen molar-refractivity contribution in [1.82, 2.24) is 31.6 Å². The fourth-order valence-electron chi connectivity index (χ4n) is 4.46. The minimum atomic E-state index is -1.66. The van der Waals surface area contributed by atoms with Gasteiger partial charge in [-0.1, -0.05) is 0 Å². The van der Waals surface area contributed by atoms with Crippen LogP contribution in [0.25, 0.3) is 0 Å². The molecule has 49 heavy (non-hydrogen) atoms. The maximum absolute atomic E-state index is 13.6. The Morgan fingerprint density at radius 3 is 1.98 bits per heavy atom. The number of nitrogens with zero attached hydrogens (tertiary/aromatic N) is 2. The van der Waals surface area contributed by atoms with Crippen LogP contribution in [0, 0.1) is 0 Å². The molecule has 20 heteroatoms. The summed E-state index contributed by atoms with van der Waals surface area (Å²) in [7, 11) is 0. The molecular formula is C29H49N9O11. The van der Waals surface area contributed by atoms with Gasteiger partial charge in [-0.25, -0.2) is 9.80 Å². The second-order valence-corrected chi connectivity index (χ2v) is 11.9. The summed E-state index contributed by atoms with van der Waals surface area (Å²) in [4.78, 5) is 89.4. The van der Waals surface area contributed by atoms with Gasteiger partial charge in [-0.15, -0.1) is 0 Å². The molecule has 276 valence electrons. The largest absolute Gasteiger partial charge is 0.480 e. The Morgan fingerprint density at radius 1 is 0.918 bits per heavy atom. The van der Waals surface area contributed by atoms with Gasteiger partial charge in [0.1, 0.15) is 29.9 Å². The molecule has 1 aliphatic rings. The van der Waals surface area contributed by atoms with Crippen molar-refractivity contribution in [1.29, 1.82) is 0 Å². The van der Waals surface area contributed by atoms with Crippen LogP contribution >= 0.6 is 0 Å². The van der Waals surface area contributed by atoms with Crippen LogP contribution in [0.1, 0.15) is 60.3 Å². The smallest absolute Gasteiger partial charge is 0.328 e. The minimum absolute atomic E-state index is 0.0785. The predicted molar refractivity (Wildman–Crippen MR) is 173 cm³/mol. The van der Waals surface area contributed by atoms with Crippen LogP contribution in [0.3, 0.4) is 0 Å². The molecule has 6 amide bonds. The molecule has 0 saturated carbocycles. The lowest BCUT2D eigenvalue weighted by Gasteiger charge is -2.34. The van der Waals surface area contributed by atoms with Crippen LogP contribution in [0.15, 0.2) is 16.4 Å². The highest BCUT2D eigenvalue weighted by Gasteiger charge is 2.40. The molecule has 0 bridgehead atoms. The highest BCUT2D eigenvalue weighted by Crippen LogP contribution is 2.16. The second-order valence-electron chi connectivity index (χ2n) is 11.9. The number of aliphatic hydroxyl groups is 3. The van der Waals surface area contributed by atoms with Gasteiger partial charge >= 0.3 is 5.97 Å². The van der Waals surface area contributed by atoms with Gasteiger partial charge in [0.15, 0.2) is 6.04 Å². The molecule has 1 heterocycles. The summed E-state index contributed by atoms with van der Waals surface area (Å²) >= 11 is 0. The van der Waals surface area contributed by atoms with E-state index < -0.39 is 103 Å². The van der Waals surface area contributed by atoms with E-state index >= 15 is 0 Å². The quantitative estimate of drug-likeness (QED) is 0.0600. The topological polar surface area (TPSA) is 328 Å². The first-order chi connectivity index (χ1) is 22.8. The Kier molecular flexibility index (Phi) is 16.9. The fourth-order valence-corrected chi connectivity index (χ4v) is 4.46. The second kappa shape index (κ2) is 19.5. The summed E-state index contributed by atoms with van der Waals surface area (Å²) in [5.74, 6) is -6.66. The number of hydrogen-bond donors (Lipinski definition) is 11. The van der Waals surface area contributed by atoms with Gasteiger partial charge in [0.05, 0.1) is 12.1 Å². The van der Waals surface area contributed by atoms with E-state index in [-0.39, 0.29) is 31.4 Å². The number of carbonyl (C=O) groups excluding carboxylic acids is 6. The van der Waals surface area contributed by atoms with Crippen LogP contribution in [-0.2, 0) is 33.6 Å².